The minimum atomic E-state index is -0.452. The van der Waals surface area contributed by atoms with Crippen molar-refractivity contribution in [1.82, 2.24) is 4.90 Å². The Bertz CT molecular complexity index is 263. The molecule has 1 fully saturated rings. The zero-order chi connectivity index (χ0) is 12.8. The number of hydrogen-bond acceptors (Lipinski definition) is 4. The fraction of sp³-hybridized carbons (Fsp3) is 0.818. The number of ether oxygens (including phenoxy) is 1. The summed E-state index contributed by atoms with van der Waals surface area (Å²) in [5, 5.41) is 16.2. The molecule has 1 N–H and O–H groups in total. The molecule has 0 aliphatic carbocycles. The molecule has 5 heteroatoms. The van der Waals surface area contributed by atoms with E-state index in [-0.39, 0.29) is 18.7 Å². The molecule has 1 amide bonds. The van der Waals surface area contributed by atoms with Crippen LogP contribution in [0.3, 0.4) is 0 Å². The van der Waals surface area contributed by atoms with E-state index in [0.717, 1.165) is 6.42 Å². The summed E-state index contributed by atoms with van der Waals surface area (Å²) in [4.78, 5) is 13.0. The van der Waals surface area contributed by atoms with Crippen LogP contribution in [0, 0.1) is 11.3 Å². The number of aliphatic hydroxyl groups excluding tert-OH is 1. The van der Waals surface area contributed by atoms with Gasteiger partial charge in [-0.25, -0.2) is 4.79 Å². The van der Waals surface area contributed by atoms with Gasteiger partial charge in [-0.1, -0.05) is 0 Å². The Morgan fingerprint density at radius 2 is 2.12 bits per heavy atom. The van der Waals surface area contributed by atoms with Gasteiger partial charge in [0.2, 0.25) is 0 Å². The SMILES string of the molecule is CC#N.CC(C)(C)OC(=O)N1CC[C@H]1CO. The summed E-state index contributed by atoms with van der Waals surface area (Å²) in [7, 11) is 0. The summed E-state index contributed by atoms with van der Waals surface area (Å²) >= 11 is 0. The van der Waals surface area contributed by atoms with Gasteiger partial charge in [0.05, 0.1) is 18.7 Å². The molecule has 0 spiro atoms. The second kappa shape index (κ2) is 6.33. The third-order valence-corrected chi connectivity index (χ3v) is 1.98. The van der Waals surface area contributed by atoms with Crippen LogP contribution in [0.15, 0.2) is 0 Å². The van der Waals surface area contributed by atoms with Gasteiger partial charge in [-0.05, 0) is 27.2 Å². The first kappa shape index (κ1) is 14.7. The Balaban J connectivity index is 0.000000673. The monoisotopic (exact) mass is 228 g/mol. The van der Waals surface area contributed by atoms with E-state index in [9.17, 15) is 4.79 Å². The molecule has 0 aromatic heterocycles. The highest BCUT2D eigenvalue weighted by atomic mass is 16.6. The molecule has 0 bridgehead atoms. The minimum Gasteiger partial charge on any atom is -0.444 e. The summed E-state index contributed by atoms with van der Waals surface area (Å²) in [6.45, 7) is 7.65. The number of carbonyl (C=O) groups is 1. The van der Waals surface area contributed by atoms with Crippen LogP contribution in [0.5, 0.6) is 0 Å². The first-order valence-corrected chi connectivity index (χ1v) is 5.27. The molecular formula is C11H20N2O3. The average Bonchev–Trinajstić information content (AvgIpc) is 1.99. The average molecular weight is 228 g/mol. The lowest BCUT2D eigenvalue weighted by molar-refractivity contribution is -0.0166. The minimum absolute atomic E-state index is 0.0270. The molecule has 0 radical (unpaired) electrons. The molecule has 0 aromatic carbocycles. The summed E-state index contributed by atoms with van der Waals surface area (Å²) < 4.78 is 5.15. The van der Waals surface area contributed by atoms with Crippen LogP contribution < -0.4 is 0 Å². The molecule has 1 aliphatic rings. The second-order valence-corrected chi connectivity index (χ2v) is 4.52. The van der Waals surface area contributed by atoms with Crippen molar-refractivity contribution in [2.75, 3.05) is 13.2 Å². The molecule has 5 nitrogen and oxygen atoms in total. The van der Waals surface area contributed by atoms with Crippen molar-refractivity contribution >= 4 is 6.09 Å². The van der Waals surface area contributed by atoms with Crippen LogP contribution in [0.1, 0.15) is 34.1 Å². The molecule has 92 valence electrons. The topological polar surface area (TPSA) is 73.6 Å². The third kappa shape index (κ3) is 4.99. The van der Waals surface area contributed by atoms with Gasteiger partial charge < -0.3 is 14.7 Å². The van der Waals surface area contributed by atoms with E-state index in [2.05, 4.69) is 0 Å². The van der Waals surface area contributed by atoms with Gasteiger partial charge in [0, 0.05) is 13.5 Å². The van der Waals surface area contributed by atoms with Gasteiger partial charge in [0.15, 0.2) is 0 Å². The Morgan fingerprint density at radius 3 is 2.38 bits per heavy atom. The largest absolute Gasteiger partial charge is 0.444 e. The summed E-state index contributed by atoms with van der Waals surface area (Å²) in [5.41, 5.74) is -0.452. The zero-order valence-corrected chi connectivity index (χ0v) is 10.4. The maximum absolute atomic E-state index is 11.4. The highest BCUT2D eigenvalue weighted by Gasteiger charge is 2.34. The number of likely N-dealkylation sites (tertiary alicyclic amines) is 1. The first-order valence-electron chi connectivity index (χ1n) is 5.27. The normalized spacial score (nSPS) is 18.8. The lowest BCUT2D eigenvalue weighted by Gasteiger charge is -2.40. The van der Waals surface area contributed by atoms with Crippen LogP contribution in [-0.2, 0) is 4.74 Å². The van der Waals surface area contributed by atoms with Crippen LogP contribution >= 0.6 is 0 Å². The van der Waals surface area contributed by atoms with Gasteiger partial charge in [-0.2, -0.15) is 5.26 Å². The Hall–Kier alpha value is -1.28. The number of hydrogen-bond donors (Lipinski definition) is 1. The van der Waals surface area contributed by atoms with Crippen LogP contribution in [-0.4, -0.2) is 40.9 Å². The second-order valence-electron chi connectivity index (χ2n) is 4.52. The Labute approximate surface area is 96.6 Å². The van der Waals surface area contributed by atoms with E-state index in [1.165, 1.54) is 6.92 Å². The van der Waals surface area contributed by atoms with Crippen molar-refractivity contribution < 1.29 is 14.6 Å². The summed E-state index contributed by atoms with van der Waals surface area (Å²) in [5.74, 6) is 0. The maximum atomic E-state index is 11.4. The van der Waals surface area contributed by atoms with E-state index < -0.39 is 5.60 Å². The number of aliphatic hydroxyl groups is 1. The van der Waals surface area contributed by atoms with Crippen molar-refractivity contribution in [1.29, 1.82) is 5.26 Å². The Kier molecular flexibility index (Phi) is 5.83. The fourth-order valence-electron chi connectivity index (χ4n) is 1.19. The molecule has 0 aromatic rings. The highest BCUT2D eigenvalue weighted by molar-refractivity contribution is 5.69. The number of carbonyl (C=O) groups excluding carboxylic acids is 1. The molecule has 0 unspecified atom stereocenters. The van der Waals surface area contributed by atoms with Crippen molar-refractivity contribution in [3.8, 4) is 6.07 Å². The van der Waals surface area contributed by atoms with Crippen molar-refractivity contribution in [2.24, 2.45) is 0 Å². The van der Waals surface area contributed by atoms with Gasteiger partial charge >= 0.3 is 6.09 Å². The van der Waals surface area contributed by atoms with Crippen LogP contribution in [0.2, 0.25) is 0 Å². The predicted octanol–water partition coefficient (Wildman–Crippen LogP) is 1.52. The number of nitrogens with zero attached hydrogens (tertiary/aromatic N) is 2. The highest BCUT2D eigenvalue weighted by Crippen LogP contribution is 2.20. The lowest BCUT2D eigenvalue weighted by atomic mass is 10.1. The van der Waals surface area contributed by atoms with E-state index in [1.807, 2.05) is 20.8 Å². The van der Waals surface area contributed by atoms with Gasteiger partial charge in [-0.3, -0.25) is 0 Å². The molecule has 1 aliphatic heterocycles. The smallest absolute Gasteiger partial charge is 0.410 e. The number of amides is 1. The molecule has 1 rings (SSSR count). The summed E-state index contributed by atoms with van der Waals surface area (Å²) in [6.07, 6.45) is 0.549. The first-order chi connectivity index (χ1) is 7.35. The van der Waals surface area contributed by atoms with E-state index >= 15 is 0 Å². The number of nitriles is 1. The van der Waals surface area contributed by atoms with E-state index in [4.69, 9.17) is 15.1 Å². The predicted molar refractivity (Wildman–Crippen MR) is 59.7 cm³/mol. The van der Waals surface area contributed by atoms with Crippen molar-refractivity contribution in [3.05, 3.63) is 0 Å². The van der Waals surface area contributed by atoms with Gasteiger partial charge in [0.25, 0.3) is 0 Å². The quantitative estimate of drug-likeness (QED) is 0.738. The van der Waals surface area contributed by atoms with Gasteiger partial charge in [0.1, 0.15) is 5.60 Å². The molecule has 1 saturated heterocycles. The fourth-order valence-corrected chi connectivity index (χ4v) is 1.19. The lowest BCUT2D eigenvalue weighted by Crippen LogP contribution is -2.54. The zero-order valence-electron chi connectivity index (χ0n) is 10.4. The van der Waals surface area contributed by atoms with Crippen molar-refractivity contribution in [3.63, 3.8) is 0 Å². The van der Waals surface area contributed by atoms with E-state index in [1.54, 1.807) is 11.0 Å². The molecule has 1 atom stereocenters. The molecule has 1 heterocycles. The Morgan fingerprint density at radius 1 is 1.62 bits per heavy atom. The van der Waals surface area contributed by atoms with Crippen molar-refractivity contribution in [2.45, 2.75) is 45.8 Å². The maximum Gasteiger partial charge on any atom is 0.410 e. The molecule has 0 saturated carbocycles. The van der Waals surface area contributed by atoms with Gasteiger partial charge in [-0.15, -0.1) is 0 Å². The molecule has 16 heavy (non-hydrogen) atoms. The summed E-state index contributed by atoms with van der Waals surface area (Å²) in [6, 6.07) is 1.72. The third-order valence-electron chi connectivity index (χ3n) is 1.98. The number of rotatable bonds is 1. The standard InChI is InChI=1S/C9H17NO3.C2H3N/c1-9(2,3)13-8(12)10-5-4-7(10)6-11;1-2-3/h7,11H,4-6H2,1-3H3;1H3/t7-;/m0./s1. The van der Waals surface area contributed by atoms with Crippen LogP contribution in [0.25, 0.3) is 0 Å². The van der Waals surface area contributed by atoms with E-state index in [0.29, 0.717) is 6.54 Å². The van der Waals surface area contributed by atoms with Crippen LogP contribution in [0.4, 0.5) is 4.79 Å². The molecular weight excluding hydrogens is 208 g/mol.